The van der Waals surface area contributed by atoms with Crippen LogP contribution in [-0.2, 0) is 19.0 Å². The minimum absolute atomic E-state index is 0.232. The van der Waals surface area contributed by atoms with E-state index in [-0.39, 0.29) is 31.8 Å². The van der Waals surface area contributed by atoms with E-state index >= 15 is 0 Å². The van der Waals surface area contributed by atoms with Crippen molar-refractivity contribution in [1.29, 1.82) is 5.26 Å². The third-order valence-electron chi connectivity index (χ3n) is 5.56. The lowest BCUT2D eigenvalue weighted by molar-refractivity contribution is -0.169. The second-order valence-electron chi connectivity index (χ2n) is 7.54. The SMILES string of the molecule is CCOC(=O)C1=C(C(CC)CC(F)(F)CCCCC#N)CCC2(C1)OCCO2. The van der Waals surface area contributed by atoms with Gasteiger partial charge in [-0.1, -0.05) is 12.5 Å². The van der Waals surface area contributed by atoms with E-state index in [0.29, 0.717) is 57.3 Å². The Morgan fingerprint density at radius 1 is 1.32 bits per heavy atom. The Hall–Kier alpha value is -1.52. The van der Waals surface area contributed by atoms with Crippen molar-refractivity contribution in [3.63, 3.8) is 0 Å². The highest BCUT2D eigenvalue weighted by Gasteiger charge is 2.45. The summed E-state index contributed by atoms with van der Waals surface area (Å²) >= 11 is 0. The maximum atomic E-state index is 14.5. The first kappa shape index (κ1) is 22.8. The fourth-order valence-electron chi connectivity index (χ4n) is 4.13. The van der Waals surface area contributed by atoms with E-state index in [2.05, 4.69) is 0 Å². The summed E-state index contributed by atoms with van der Waals surface area (Å²) in [5, 5.41) is 8.55. The number of halogens is 2. The van der Waals surface area contributed by atoms with E-state index < -0.39 is 17.7 Å². The highest BCUT2D eigenvalue weighted by molar-refractivity contribution is 5.90. The molecule has 1 aliphatic heterocycles. The summed E-state index contributed by atoms with van der Waals surface area (Å²) in [6.45, 7) is 4.79. The van der Waals surface area contributed by atoms with Gasteiger partial charge in [0.25, 0.3) is 0 Å². The predicted molar refractivity (Wildman–Crippen MR) is 99.6 cm³/mol. The van der Waals surface area contributed by atoms with E-state index in [9.17, 15) is 13.6 Å². The smallest absolute Gasteiger partial charge is 0.334 e. The van der Waals surface area contributed by atoms with E-state index in [1.54, 1.807) is 6.92 Å². The van der Waals surface area contributed by atoms with Crippen molar-refractivity contribution in [1.82, 2.24) is 0 Å². The summed E-state index contributed by atoms with van der Waals surface area (Å²) in [7, 11) is 0. The molecule has 2 aliphatic rings. The fraction of sp³-hybridized carbons (Fsp3) is 0.810. The van der Waals surface area contributed by atoms with E-state index in [4.69, 9.17) is 19.5 Å². The number of allylic oxidation sites excluding steroid dienone is 1. The summed E-state index contributed by atoms with van der Waals surface area (Å²) in [5.74, 6) is -4.47. The van der Waals surface area contributed by atoms with Gasteiger partial charge in [-0.25, -0.2) is 13.6 Å². The van der Waals surface area contributed by atoms with E-state index in [1.807, 2.05) is 13.0 Å². The number of hydrogen-bond acceptors (Lipinski definition) is 5. The Morgan fingerprint density at radius 3 is 2.64 bits per heavy atom. The number of alkyl halides is 2. The molecule has 1 unspecified atom stereocenters. The van der Waals surface area contributed by atoms with Gasteiger partial charge >= 0.3 is 5.97 Å². The molecule has 0 aromatic heterocycles. The molecule has 1 fully saturated rings. The molecule has 0 aromatic rings. The monoisotopic (exact) mass is 399 g/mol. The van der Waals surface area contributed by atoms with Crippen molar-refractivity contribution in [2.75, 3.05) is 19.8 Å². The van der Waals surface area contributed by atoms with Gasteiger partial charge < -0.3 is 14.2 Å². The van der Waals surface area contributed by atoms with Gasteiger partial charge in [0.15, 0.2) is 5.79 Å². The number of nitrogens with zero attached hydrogens (tertiary/aromatic N) is 1. The molecular weight excluding hydrogens is 368 g/mol. The van der Waals surface area contributed by atoms with Crippen LogP contribution in [0.5, 0.6) is 0 Å². The zero-order valence-corrected chi connectivity index (χ0v) is 16.9. The van der Waals surface area contributed by atoms with Crippen molar-refractivity contribution >= 4 is 5.97 Å². The summed E-state index contributed by atoms with van der Waals surface area (Å²) < 4.78 is 45.8. The van der Waals surface area contributed by atoms with E-state index in [0.717, 1.165) is 5.57 Å². The molecule has 28 heavy (non-hydrogen) atoms. The first-order chi connectivity index (χ1) is 13.4. The lowest BCUT2D eigenvalue weighted by Gasteiger charge is -2.36. The average molecular weight is 399 g/mol. The highest BCUT2D eigenvalue weighted by Crippen LogP contribution is 2.44. The van der Waals surface area contributed by atoms with Crippen LogP contribution in [0, 0.1) is 17.2 Å². The molecule has 0 bridgehead atoms. The molecule has 0 radical (unpaired) electrons. The van der Waals surface area contributed by atoms with Crippen molar-refractivity contribution in [3.05, 3.63) is 11.1 Å². The number of hydrogen-bond donors (Lipinski definition) is 0. The molecule has 5 nitrogen and oxygen atoms in total. The quantitative estimate of drug-likeness (QED) is 0.386. The van der Waals surface area contributed by atoms with Crippen LogP contribution in [0.25, 0.3) is 0 Å². The predicted octanol–water partition coefficient (Wildman–Crippen LogP) is 4.91. The van der Waals surface area contributed by atoms with Crippen molar-refractivity contribution < 1.29 is 27.8 Å². The van der Waals surface area contributed by atoms with Gasteiger partial charge in [-0.2, -0.15) is 5.26 Å². The molecular formula is C21H31F2NO4. The molecule has 7 heteroatoms. The minimum Gasteiger partial charge on any atom is -0.463 e. The number of ether oxygens (including phenoxy) is 3. The van der Waals surface area contributed by atoms with Crippen molar-refractivity contribution in [3.8, 4) is 6.07 Å². The number of unbranched alkanes of at least 4 members (excludes halogenated alkanes) is 2. The standard InChI is InChI=1S/C21H31F2NO4/c1-3-16(14-20(22,23)9-6-5-7-11-24)17-8-10-21(27-12-13-28-21)15-18(17)19(25)26-4-2/h16H,3-10,12-15H2,1-2H3. The van der Waals surface area contributed by atoms with Gasteiger partial charge in [-0.15, -0.1) is 0 Å². The van der Waals surface area contributed by atoms with Crippen LogP contribution in [0.3, 0.4) is 0 Å². The molecule has 0 aromatic carbocycles. The highest BCUT2D eigenvalue weighted by atomic mass is 19.3. The molecule has 1 spiro atoms. The first-order valence-corrected chi connectivity index (χ1v) is 10.3. The second-order valence-corrected chi connectivity index (χ2v) is 7.54. The van der Waals surface area contributed by atoms with Crippen molar-refractivity contribution in [2.24, 2.45) is 5.92 Å². The molecule has 0 amide bonds. The zero-order chi connectivity index (χ0) is 20.6. The molecule has 0 N–H and O–H groups in total. The second kappa shape index (κ2) is 10.3. The van der Waals surface area contributed by atoms with Crippen LogP contribution in [-0.4, -0.2) is 37.5 Å². The Kier molecular flexibility index (Phi) is 8.38. The Labute approximate surface area is 166 Å². The topological polar surface area (TPSA) is 68.6 Å². The number of esters is 1. The van der Waals surface area contributed by atoms with Gasteiger partial charge in [-0.3, -0.25) is 0 Å². The van der Waals surface area contributed by atoms with Crippen LogP contribution in [0.2, 0.25) is 0 Å². The van der Waals surface area contributed by atoms with Gasteiger partial charge in [0.2, 0.25) is 5.92 Å². The summed E-state index contributed by atoms with van der Waals surface area (Å²) in [5.41, 5.74) is 1.21. The largest absolute Gasteiger partial charge is 0.463 e. The molecule has 1 saturated heterocycles. The zero-order valence-electron chi connectivity index (χ0n) is 16.9. The van der Waals surface area contributed by atoms with Crippen LogP contribution in [0.15, 0.2) is 11.1 Å². The Morgan fingerprint density at radius 2 is 2.04 bits per heavy atom. The third-order valence-corrected chi connectivity index (χ3v) is 5.56. The van der Waals surface area contributed by atoms with Gasteiger partial charge in [0.05, 0.1) is 25.9 Å². The van der Waals surface area contributed by atoms with Gasteiger partial charge in [-0.05, 0) is 38.5 Å². The lowest BCUT2D eigenvalue weighted by atomic mass is 9.77. The molecule has 2 rings (SSSR count). The van der Waals surface area contributed by atoms with Gasteiger partial charge in [0.1, 0.15) is 0 Å². The van der Waals surface area contributed by atoms with Crippen LogP contribution in [0.1, 0.15) is 71.6 Å². The Balaban J connectivity index is 2.17. The van der Waals surface area contributed by atoms with Crippen LogP contribution in [0.4, 0.5) is 8.78 Å². The summed E-state index contributed by atoms with van der Waals surface area (Å²) in [6.07, 6.45) is 2.43. The lowest BCUT2D eigenvalue weighted by Crippen LogP contribution is -2.37. The normalized spacial score (nSPS) is 20.2. The first-order valence-electron chi connectivity index (χ1n) is 10.3. The van der Waals surface area contributed by atoms with Gasteiger partial charge in [0, 0.05) is 37.7 Å². The molecule has 1 aliphatic carbocycles. The number of nitriles is 1. The number of carbonyl (C=O) groups excluding carboxylic acids is 1. The maximum absolute atomic E-state index is 14.5. The molecule has 0 saturated carbocycles. The average Bonchev–Trinajstić information content (AvgIpc) is 3.11. The Bertz CT molecular complexity index is 606. The fourth-order valence-corrected chi connectivity index (χ4v) is 4.13. The number of carbonyl (C=O) groups is 1. The molecule has 1 heterocycles. The summed E-state index contributed by atoms with van der Waals surface area (Å²) in [6, 6.07) is 1.98. The summed E-state index contributed by atoms with van der Waals surface area (Å²) in [4.78, 5) is 12.6. The number of rotatable bonds is 10. The maximum Gasteiger partial charge on any atom is 0.334 e. The minimum atomic E-state index is -2.82. The van der Waals surface area contributed by atoms with E-state index in [1.165, 1.54) is 0 Å². The van der Waals surface area contributed by atoms with Crippen LogP contribution >= 0.6 is 0 Å². The van der Waals surface area contributed by atoms with Crippen LogP contribution < -0.4 is 0 Å². The molecule has 158 valence electrons. The third kappa shape index (κ3) is 5.99. The molecule has 1 atom stereocenters. The van der Waals surface area contributed by atoms with Crippen molar-refractivity contribution in [2.45, 2.75) is 83.3 Å².